The van der Waals surface area contributed by atoms with Gasteiger partial charge in [-0.3, -0.25) is 0 Å². The van der Waals surface area contributed by atoms with Crippen LogP contribution in [-0.2, 0) is 13.1 Å². The lowest BCUT2D eigenvalue weighted by atomic mass is 10.1. The minimum atomic E-state index is 0.331. The molecule has 0 unspecified atom stereocenters. The minimum absolute atomic E-state index is 0.331. The number of rotatable bonds is 4. The minimum Gasteiger partial charge on any atom is -0.454 e. The summed E-state index contributed by atoms with van der Waals surface area (Å²) in [6.45, 7) is 6.26. The van der Waals surface area contributed by atoms with Crippen molar-refractivity contribution in [1.82, 2.24) is 10.2 Å². The summed E-state index contributed by atoms with van der Waals surface area (Å²) in [6.07, 6.45) is 0. The molecule has 0 aliphatic carbocycles. The highest BCUT2D eigenvalue weighted by Gasteiger charge is 2.22. The van der Waals surface area contributed by atoms with Crippen LogP contribution in [0.15, 0.2) is 48.5 Å². The Morgan fingerprint density at radius 2 is 1.77 bits per heavy atom. The summed E-state index contributed by atoms with van der Waals surface area (Å²) in [5.41, 5.74) is 2.55. The van der Waals surface area contributed by atoms with Crippen molar-refractivity contribution in [3.8, 4) is 11.5 Å². The molecule has 0 amide bonds. The standard InChI is InChI=1S/C20H23N3O2S/c26-20(21-13-16-4-2-1-3-5-16)23-10-8-22(9-11-23)14-17-6-7-18-19(12-17)25-15-24-18/h1-7,12H,8-11,13-15H2,(H,21,26)/p+1. The molecule has 1 fully saturated rings. The maximum absolute atomic E-state index is 5.57. The fourth-order valence-corrected chi connectivity index (χ4v) is 3.68. The smallest absolute Gasteiger partial charge is 0.231 e. The zero-order valence-electron chi connectivity index (χ0n) is 14.7. The number of thiocarbonyl (C=S) groups is 1. The van der Waals surface area contributed by atoms with Gasteiger partial charge in [0.1, 0.15) is 6.54 Å². The maximum atomic E-state index is 5.57. The lowest BCUT2D eigenvalue weighted by molar-refractivity contribution is -0.917. The molecule has 2 aromatic carbocycles. The van der Waals surface area contributed by atoms with Crippen molar-refractivity contribution in [1.29, 1.82) is 0 Å². The lowest BCUT2D eigenvalue weighted by Gasteiger charge is -2.34. The fourth-order valence-electron chi connectivity index (χ4n) is 3.43. The van der Waals surface area contributed by atoms with Gasteiger partial charge >= 0.3 is 0 Å². The van der Waals surface area contributed by atoms with Gasteiger partial charge in [-0.05, 0) is 36.0 Å². The van der Waals surface area contributed by atoms with Crippen molar-refractivity contribution >= 4 is 17.3 Å². The Morgan fingerprint density at radius 1 is 1.00 bits per heavy atom. The predicted molar refractivity (Wildman–Crippen MR) is 104 cm³/mol. The Labute approximate surface area is 159 Å². The first-order valence-electron chi connectivity index (χ1n) is 9.07. The highest BCUT2D eigenvalue weighted by atomic mass is 32.1. The van der Waals surface area contributed by atoms with E-state index in [9.17, 15) is 0 Å². The maximum Gasteiger partial charge on any atom is 0.231 e. The van der Waals surface area contributed by atoms with Crippen LogP contribution in [0.1, 0.15) is 11.1 Å². The van der Waals surface area contributed by atoms with Gasteiger partial charge in [0.25, 0.3) is 0 Å². The van der Waals surface area contributed by atoms with Gasteiger partial charge in [-0.15, -0.1) is 0 Å². The second kappa shape index (κ2) is 7.93. The molecule has 0 bridgehead atoms. The number of benzene rings is 2. The summed E-state index contributed by atoms with van der Waals surface area (Å²) in [5, 5.41) is 4.24. The van der Waals surface area contributed by atoms with E-state index in [1.165, 1.54) is 11.1 Å². The summed E-state index contributed by atoms with van der Waals surface area (Å²) in [7, 11) is 0. The van der Waals surface area contributed by atoms with Gasteiger partial charge in [0.15, 0.2) is 16.6 Å². The zero-order valence-corrected chi connectivity index (χ0v) is 15.6. The zero-order chi connectivity index (χ0) is 17.8. The molecule has 2 aromatic rings. The van der Waals surface area contributed by atoms with E-state index in [2.05, 4.69) is 46.6 Å². The molecule has 5 nitrogen and oxygen atoms in total. The molecule has 0 saturated carbocycles. The van der Waals surface area contributed by atoms with E-state index in [1.807, 2.05) is 12.1 Å². The summed E-state index contributed by atoms with van der Waals surface area (Å²) >= 11 is 5.57. The molecule has 1 saturated heterocycles. The Morgan fingerprint density at radius 3 is 2.58 bits per heavy atom. The number of fused-ring (bicyclic) bond motifs is 1. The van der Waals surface area contributed by atoms with Gasteiger partial charge in [0.2, 0.25) is 6.79 Å². The first kappa shape index (κ1) is 17.1. The Bertz CT molecular complexity index is 761. The third-order valence-corrected chi connectivity index (χ3v) is 5.34. The fraction of sp³-hybridized carbons (Fsp3) is 0.350. The van der Waals surface area contributed by atoms with Gasteiger partial charge in [0.05, 0.1) is 26.2 Å². The molecule has 2 N–H and O–H groups in total. The molecule has 4 rings (SSSR count). The molecule has 26 heavy (non-hydrogen) atoms. The van der Waals surface area contributed by atoms with E-state index in [0.717, 1.165) is 55.9 Å². The topological polar surface area (TPSA) is 38.2 Å². The summed E-state index contributed by atoms with van der Waals surface area (Å²) in [6, 6.07) is 16.6. The predicted octanol–water partition coefficient (Wildman–Crippen LogP) is 1.19. The SMILES string of the molecule is S=C(NCc1ccccc1)N1CC[NH+](Cc2ccc3c(c2)OCO3)CC1. The first-order chi connectivity index (χ1) is 12.8. The Hall–Kier alpha value is -2.31. The van der Waals surface area contributed by atoms with E-state index >= 15 is 0 Å². The Kier molecular flexibility index (Phi) is 5.22. The molecular formula is C20H24N3O2S+. The summed E-state index contributed by atoms with van der Waals surface area (Å²) in [5.74, 6) is 1.72. The van der Waals surface area contributed by atoms with E-state index in [-0.39, 0.29) is 0 Å². The molecule has 2 aliphatic rings. The summed E-state index contributed by atoms with van der Waals surface area (Å²) < 4.78 is 10.9. The van der Waals surface area contributed by atoms with Crippen molar-refractivity contribution in [3.63, 3.8) is 0 Å². The van der Waals surface area contributed by atoms with Crippen LogP contribution in [0, 0.1) is 0 Å². The Balaban J connectivity index is 1.24. The molecule has 6 heteroatoms. The van der Waals surface area contributed by atoms with Gasteiger partial charge in [-0.2, -0.15) is 0 Å². The monoisotopic (exact) mass is 370 g/mol. The molecular weight excluding hydrogens is 346 g/mol. The van der Waals surface area contributed by atoms with Crippen molar-refractivity contribution in [3.05, 3.63) is 59.7 Å². The number of hydrogen-bond acceptors (Lipinski definition) is 3. The van der Waals surface area contributed by atoms with Gasteiger partial charge < -0.3 is 24.6 Å². The average molecular weight is 370 g/mol. The third kappa shape index (κ3) is 4.08. The van der Waals surface area contributed by atoms with Crippen LogP contribution in [-0.4, -0.2) is 43.0 Å². The highest BCUT2D eigenvalue weighted by molar-refractivity contribution is 7.80. The molecule has 0 atom stereocenters. The van der Waals surface area contributed by atoms with Crippen LogP contribution in [0.2, 0.25) is 0 Å². The number of quaternary nitrogens is 1. The molecule has 136 valence electrons. The van der Waals surface area contributed by atoms with E-state index < -0.39 is 0 Å². The van der Waals surface area contributed by atoms with Crippen molar-refractivity contribution in [2.45, 2.75) is 13.1 Å². The van der Waals surface area contributed by atoms with Crippen LogP contribution in [0.3, 0.4) is 0 Å². The molecule has 0 aromatic heterocycles. The molecule has 2 aliphatic heterocycles. The second-order valence-corrected chi connectivity index (χ2v) is 7.13. The van der Waals surface area contributed by atoms with Crippen LogP contribution in [0.25, 0.3) is 0 Å². The average Bonchev–Trinajstić information content (AvgIpc) is 3.15. The highest BCUT2D eigenvalue weighted by Crippen LogP contribution is 2.32. The largest absolute Gasteiger partial charge is 0.454 e. The van der Waals surface area contributed by atoms with Crippen molar-refractivity contribution < 1.29 is 14.4 Å². The molecule has 0 spiro atoms. The van der Waals surface area contributed by atoms with Crippen molar-refractivity contribution in [2.75, 3.05) is 33.0 Å². The molecule has 2 heterocycles. The number of ether oxygens (including phenoxy) is 2. The summed E-state index contributed by atoms with van der Waals surface area (Å²) in [4.78, 5) is 3.85. The van der Waals surface area contributed by atoms with Crippen LogP contribution >= 0.6 is 12.2 Å². The quantitative estimate of drug-likeness (QED) is 0.791. The third-order valence-electron chi connectivity index (χ3n) is 4.94. The van der Waals surface area contributed by atoms with E-state index in [0.29, 0.717) is 6.79 Å². The normalized spacial score (nSPS) is 16.5. The van der Waals surface area contributed by atoms with E-state index in [1.54, 1.807) is 4.90 Å². The van der Waals surface area contributed by atoms with E-state index in [4.69, 9.17) is 21.7 Å². The van der Waals surface area contributed by atoms with Crippen LogP contribution in [0.5, 0.6) is 11.5 Å². The van der Waals surface area contributed by atoms with Crippen molar-refractivity contribution in [2.24, 2.45) is 0 Å². The number of piperazine rings is 1. The molecule has 0 radical (unpaired) electrons. The van der Waals surface area contributed by atoms with Gasteiger partial charge in [-0.25, -0.2) is 0 Å². The number of hydrogen-bond donors (Lipinski definition) is 2. The number of nitrogens with zero attached hydrogens (tertiary/aromatic N) is 1. The second-order valence-electron chi connectivity index (χ2n) is 6.75. The van der Waals surface area contributed by atoms with Gasteiger partial charge in [-0.1, -0.05) is 30.3 Å². The van der Waals surface area contributed by atoms with Crippen LogP contribution < -0.4 is 19.7 Å². The van der Waals surface area contributed by atoms with Crippen LogP contribution in [0.4, 0.5) is 0 Å². The lowest BCUT2D eigenvalue weighted by Crippen LogP contribution is -3.13. The first-order valence-corrected chi connectivity index (χ1v) is 9.47. The van der Waals surface area contributed by atoms with Gasteiger partial charge in [0, 0.05) is 12.1 Å². The number of nitrogens with one attached hydrogen (secondary N) is 2.